The summed E-state index contributed by atoms with van der Waals surface area (Å²) >= 11 is 0. The topological polar surface area (TPSA) is 103 Å². The van der Waals surface area contributed by atoms with Crippen LogP contribution in [0.1, 0.15) is 21.5 Å². The first kappa shape index (κ1) is 19.1. The number of nitriles is 1. The molecule has 146 valence electrons. The molecule has 0 aliphatic carbocycles. The van der Waals surface area contributed by atoms with Crippen molar-refractivity contribution in [2.45, 2.75) is 12.5 Å². The number of hydrogen-bond donors (Lipinski definition) is 2. The molecule has 1 amide bonds. The zero-order chi connectivity index (χ0) is 21.1. The van der Waals surface area contributed by atoms with Crippen LogP contribution >= 0.6 is 0 Å². The van der Waals surface area contributed by atoms with Gasteiger partial charge < -0.3 is 10.4 Å². The molecule has 0 bridgehead atoms. The Kier molecular flexibility index (Phi) is 5.10. The Morgan fingerprint density at radius 1 is 0.933 bits per heavy atom. The Labute approximate surface area is 172 Å². The van der Waals surface area contributed by atoms with Gasteiger partial charge >= 0.3 is 5.97 Å². The third kappa shape index (κ3) is 3.56. The van der Waals surface area contributed by atoms with E-state index in [4.69, 9.17) is 0 Å². The first-order chi connectivity index (χ1) is 14.6. The summed E-state index contributed by atoms with van der Waals surface area (Å²) in [7, 11) is 0. The number of carboxylic acids is 1. The van der Waals surface area contributed by atoms with Gasteiger partial charge in [-0.15, -0.1) is 0 Å². The van der Waals surface area contributed by atoms with Gasteiger partial charge in [0.25, 0.3) is 5.91 Å². The minimum absolute atomic E-state index is 0.00571. The largest absolute Gasteiger partial charge is 0.480 e. The van der Waals surface area contributed by atoms with Gasteiger partial charge in [-0.25, -0.2) is 9.78 Å². The van der Waals surface area contributed by atoms with Crippen molar-refractivity contribution in [3.05, 3.63) is 89.5 Å². The van der Waals surface area contributed by atoms with Crippen LogP contribution in [-0.4, -0.2) is 28.0 Å². The summed E-state index contributed by atoms with van der Waals surface area (Å²) in [6.07, 6.45) is 0.00571. The number of pyridine rings is 1. The molecule has 1 atom stereocenters. The maximum Gasteiger partial charge on any atom is 0.326 e. The fourth-order valence-electron chi connectivity index (χ4n) is 3.54. The minimum atomic E-state index is -1.18. The molecule has 6 nitrogen and oxygen atoms in total. The van der Waals surface area contributed by atoms with Crippen molar-refractivity contribution >= 4 is 33.7 Å². The molecule has 0 saturated carbocycles. The summed E-state index contributed by atoms with van der Waals surface area (Å²) < 4.78 is 0. The number of fused-ring (bicyclic) bond motifs is 2. The summed E-state index contributed by atoms with van der Waals surface area (Å²) in [5.74, 6) is -1.66. The molecule has 0 radical (unpaired) electrons. The molecule has 3 aromatic carbocycles. The molecule has 0 fully saturated rings. The summed E-state index contributed by atoms with van der Waals surface area (Å²) in [5, 5.41) is 22.9. The van der Waals surface area contributed by atoms with Gasteiger partial charge in [-0.2, -0.15) is 5.26 Å². The molecule has 1 aromatic heterocycles. The van der Waals surface area contributed by atoms with E-state index in [1.807, 2.05) is 36.4 Å². The van der Waals surface area contributed by atoms with Gasteiger partial charge in [-0.05, 0) is 23.8 Å². The predicted octanol–water partition coefficient (Wildman–Crippen LogP) is 3.69. The molecule has 4 rings (SSSR count). The molecule has 30 heavy (non-hydrogen) atoms. The van der Waals surface area contributed by atoms with Crippen LogP contribution in [0.5, 0.6) is 0 Å². The van der Waals surface area contributed by atoms with Crippen LogP contribution in [0.3, 0.4) is 0 Å². The standard InChI is InChI=1S/C24H17N3O3/c25-14-16-8-2-1-7-15(16)13-21(24(29)30)27-23(28)22-17-9-3-5-11-19(17)26-20-12-6-4-10-18(20)22/h1-12,21H,13H2,(H,27,28)(H,29,30)/t21-/m0/s1. The molecule has 1 heterocycles. The highest BCUT2D eigenvalue weighted by molar-refractivity contribution is 6.16. The first-order valence-electron chi connectivity index (χ1n) is 9.37. The Morgan fingerprint density at radius 2 is 1.50 bits per heavy atom. The number of aromatic nitrogens is 1. The Balaban J connectivity index is 1.75. The highest BCUT2D eigenvalue weighted by Gasteiger charge is 2.24. The fourth-order valence-corrected chi connectivity index (χ4v) is 3.54. The van der Waals surface area contributed by atoms with Gasteiger partial charge in [-0.3, -0.25) is 4.79 Å². The summed E-state index contributed by atoms with van der Waals surface area (Å²) in [4.78, 5) is 29.7. The van der Waals surface area contributed by atoms with Gasteiger partial charge in [0.05, 0.1) is 28.2 Å². The second-order valence-electron chi connectivity index (χ2n) is 6.86. The molecule has 4 aromatic rings. The highest BCUT2D eigenvalue weighted by Crippen LogP contribution is 2.26. The Hall–Kier alpha value is -4.24. The minimum Gasteiger partial charge on any atom is -0.480 e. The van der Waals surface area contributed by atoms with Gasteiger partial charge in [0.15, 0.2) is 0 Å². The van der Waals surface area contributed by atoms with E-state index in [0.717, 1.165) is 0 Å². The van der Waals surface area contributed by atoms with E-state index in [-0.39, 0.29) is 6.42 Å². The van der Waals surface area contributed by atoms with Crippen LogP contribution in [0.4, 0.5) is 0 Å². The number of para-hydroxylation sites is 2. The van der Waals surface area contributed by atoms with E-state index in [9.17, 15) is 20.0 Å². The van der Waals surface area contributed by atoms with Crippen LogP contribution < -0.4 is 5.32 Å². The van der Waals surface area contributed by atoms with E-state index >= 15 is 0 Å². The molecule has 6 heteroatoms. The van der Waals surface area contributed by atoms with Crippen LogP contribution in [0.2, 0.25) is 0 Å². The van der Waals surface area contributed by atoms with Crippen molar-refractivity contribution in [2.75, 3.05) is 0 Å². The van der Waals surface area contributed by atoms with Crippen molar-refractivity contribution in [3.8, 4) is 6.07 Å². The fraction of sp³-hybridized carbons (Fsp3) is 0.0833. The Morgan fingerprint density at radius 3 is 2.10 bits per heavy atom. The molecular weight excluding hydrogens is 378 g/mol. The normalized spacial score (nSPS) is 11.7. The average Bonchev–Trinajstić information content (AvgIpc) is 2.77. The lowest BCUT2D eigenvalue weighted by molar-refractivity contribution is -0.139. The monoisotopic (exact) mass is 395 g/mol. The van der Waals surface area contributed by atoms with E-state index in [1.54, 1.807) is 36.4 Å². The number of carboxylic acid groups (broad SMARTS) is 1. The van der Waals surface area contributed by atoms with Crippen molar-refractivity contribution < 1.29 is 14.7 Å². The zero-order valence-electron chi connectivity index (χ0n) is 15.9. The quantitative estimate of drug-likeness (QED) is 0.502. The van der Waals surface area contributed by atoms with Crippen LogP contribution in [0, 0.1) is 11.3 Å². The molecule has 2 N–H and O–H groups in total. The first-order valence-corrected chi connectivity index (χ1v) is 9.37. The molecule has 0 aliphatic rings. The lowest BCUT2D eigenvalue weighted by atomic mass is 9.99. The zero-order valence-corrected chi connectivity index (χ0v) is 15.9. The maximum absolute atomic E-state index is 13.3. The summed E-state index contributed by atoms with van der Waals surface area (Å²) in [6, 6.07) is 22.2. The number of amides is 1. The molecular formula is C24H17N3O3. The third-order valence-corrected chi connectivity index (χ3v) is 4.98. The molecule has 0 aliphatic heterocycles. The number of rotatable bonds is 5. The number of hydrogen-bond acceptors (Lipinski definition) is 4. The lowest BCUT2D eigenvalue weighted by Gasteiger charge is -2.17. The SMILES string of the molecule is N#Cc1ccccc1C[C@H](NC(=O)c1c2ccccc2nc2ccccc12)C(=O)O. The van der Waals surface area contributed by atoms with E-state index in [0.29, 0.717) is 38.5 Å². The second-order valence-corrected chi connectivity index (χ2v) is 6.86. The van der Waals surface area contributed by atoms with Crippen LogP contribution in [-0.2, 0) is 11.2 Å². The van der Waals surface area contributed by atoms with Crippen molar-refractivity contribution in [1.29, 1.82) is 5.26 Å². The average molecular weight is 395 g/mol. The highest BCUT2D eigenvalue weighted by atomic mass is 16.4. The predicted molar refractivity (Wildman–Crippen MR) is 113 cm³/mol. The van der Waals surface area contributed by atoms with E-state index in [2.05, 4.69) is 16.4 Å². The lowest BCUT2D eigenvalue weighted by Crippen LogP contribution is -2.42. The summed E-state index contributed by atoms with van der Waals surface area (Å²) in [5.41, 5.74) is 2.65. The smallest absolute Gasteiger partial charge is 0.326 e. The summed E-state index contributed by atoms with van der Waals surface area (Å²) in [6.45, 7) is 0. The van der Waals surface area contributed by atoms with E-state index in [1.165, 1.54) is 0 Å². The molecule has 0 saturated heterocycles. The van der Waals surface area contributed by atoms with Gasteiger partial charge in [0.1, 0.15) is 6.04 Å². The van der Waals surface area contributed by atoms with E-state index < -0.39 is 17.9 Å². The number of nitrogens with zero attached hydrogens (tertiary/aromatic N) is 2. The maximum atomic E-state index is 13.3. The van der Waals surface area contributed by atoms with Crippen molar-refractivity contribution in [1.82, 2.24) is 10.3 Å². The van der Waals surface area contributed by atoms with Crippen molar-refractivity contribution in [2.24, 2.45) is 0 Å². The van der Waals surface area contributed by atoms with Crippen LogP contribution in [0.15, 0.2) is 72.8 Å². The number of aliphatic carboxylic acids is 1. The third-order valence-electron chi connectivity index (χ3n) is 4.98. The van der Waals surface area contributed by atoms with Crippen LogP contribution in [0.25, 0.3) is 21.8 Å². The van der Waals surface area contributed by atoms with Crippen molar-refractivity contribution in [3.63, 3.8) is 0 Å². The number of benzene rings is 3. The number of nitrogens with one attached hydrogen (secondary N) is 1. The van der Waals surface area contributed by atoms with Gasteiger partial charge in [0, 0.05) is 17.2 Å². The number of carbonyl (C=O) groups is 2. The molecule has 0 spiro atoms. The number of carbonyl (C=O) groups excluding carboxylic acids is 1. The van der Waals surface area contributed by atoms with Gasteiger partial charge in [0.2, 0.25) is 0 Å². The Bertz CT molecular complexity index is 1270. The molecule has 0 unspecified atom stereocenters. The van der Waals surface area contributed by atoms with Gasteiger partial charge in [-0.1, -0.05) is 54.6 Å². The second kappa shape index (κ2) is 8.02.